The lowest BCUT2D eigenvalue weighted by Crippen LogP contribution is -2.48. The number of benzene rings is 1. The van der Waals surface area contributed by atoms with Gasteiger partial charge in [0.2, 0.25) is 11.7 Å². The Morgan fingerprint density at radius 2 is 1.84 bits per heavy atom. The first kappa shape index (κ1) is 20.7. The van der Waals surface area contributed by atoms with Gasteiger partial charge >= 0.3 is 0 Å². The third-order valence-corrected chi connectivity index (χ3v) is 7.03. The van der Waals surface area contributed by atoms with Crippen molar-refractivity contribution in [1.82, 2.24) is 24.1 Å². The topological polar surface area (TPSA) is 75.7 Å². The third-order valence-electron chi connectivity index (χ3n) is 6.14. The second-order valence-corrected chi connectivity index (χ2v) is 8.91. The van der Waals surface area contributed by atoms with E-state index in [1.54, 1.807) is 4.57 Å². The third kappa shape index (κ3) is 3.66. The number of hydrogen-bond acceptors (Lipinski definition) is 6. The minimum Gasteiger partial charge on any atom is -0.368 e. The number of carbonyl (C=O) groups is 1. The van der Waals surface area contributed by atoms with Crippen LogP contribution in [0.5, 0.6) is 0 Å². The molecule has 0 aliphatic carbocycles. The van der Waals surface area contributed by atoms with Crippen molar-refractivity contribution in [3.8, 4) is 0 Å². The monoisotopic (exact) mass is 450 g/mol. The Bertz CT molecular complexity index is 1300. The molecule has 4 aromatic rings. The summed E-state index contributed by atoms with van der Waals surface area (Å²) in [4.78, 5) is 29.7. The summed E-state index contributed by atoms with van der Waals surface area (Å²) in [5.74, 6) is 1.56. The molecule has 32 heavy (non-hydrogen) atoms. The van der Waals surface area contributed by atoms with Crippen LogP contribution in [0.15, 0.2) is 46.6 Å². The van der Waals surface area contributed by atoms with Gasteiger partial charge in [0.1, 0.15) is 10.5 Å². The summed E-state index contributed by atoms with van der Waals surface area (Å²) in [5, 5.41) is 10.6. The van der Waals surface area contributed by atoms with Gasteiger partial charge < -0.3 is 9.80 Å². The highest BCUT2D eigenvalue weighted by Crippen LogP contribution is 2.21. The molecule has 0 N–H and O–H groups in total. The molecule has 166 valence electrons. The Hall–Kier alpha value is -3.20. The molecule has 9 heteroatoms. The van der Waals surface area contributed by atoms with E-state index in [9.17, 15) is 9.59 Å². The largest absolute Gasteiger partial charge is 0.368 e. The highest BCUT2D eigenvalue weighted by atomic mass is 32.1. The van der Waals surface area contributed by atoms with Crippen molar-refractivity contribution in [2.24, 2.45) is 0 Å². The van der Waals surface area contributed by atoms with Gasteiger partial charge in [-0.05, 0) is 36.9 Å². The highest BCUT2D eigenvalue weighted by molar-refractivity contribution is 7.17. The van der Waals surface area contributed by atoms with Crippen LogP contribution in [0.3, 0.4) is 0 Å². The molecule has 1 fully saturated rings. The van der Waals surface area contributed by atoms with Gasteiger partial charge in [0.05, 0.1) is 5.52 Å². The van der Waals surface area contributed by atoms with Gasteiger partial charge in [-0.3, -0.25) is 18.6 Å². The molecular weight excluding hydrogens is 424 g/mol. The summed E-state index contributed by atoms with van der Waals surface area (Å²) in [6.45, 7) is 5.69. The number of amides is 1. The molecular formula is C23H26N6O2S. The van der Waals surface area contributed by atoms with Crippen LogP contribution in [0.1, 0.15) is 25.6 Å². The number of aromatic nitrogens is 4. The van der Waals surface area contributed by atoms with Crippen molar-refractivity contribution in [2.45, 2.75) is 32.7 Å². The fraction of sp³-hybridized carbons (Fsp3) is 0.391. The van der Waals surface area contributed by atoms with Gasteiger partial charge in [0, 0.05) is 51.3 Å². The summed E-state index contributed by atoms with van der Waals surface area (Å²) in [7, 11) is 0. The maximum Gasteiger partial charge on any atom is 0.272 e. The van der Waals surface area contributed by atoms with Crippen LogP contribution in [0.2, 0.25) is 0 Å². The maximum absolute atomic E-state index is 12.8. The van der Waals surface area contributed by atoms with Crippen molar-refractivity contribution in [1.29, 1.82) is 0 Å². The average Bonchev–Trinajstić information content (AvgIpc) is 3.48. The first-order valence-corrected chi connectivity index (χ1v) is 12.0. The molecule has 0 spiro atoms. The van der Waals surface area contributed by atoms with E-state index in [1.165, 1.54) is 17.0 Å². The van der Waals surface area contributed by atoms with E-state index in [-0.39, 0.29) is 11.5 Å². The Kier molecular flexibility index (Phi) is 5.65. The van der Waals surface area contributed by atoms with Crippen LogP contribution in [0.25, 0.3) is 16.0 Å². The van der Waals surface area contributed by atoms with Gasteiger partial charge in [-0.15, -0.1) is 21.5 Å². The number of thiophene rings is 1. The Labute approximate surface area is 189 Å². The van der Waals surface area contributed by atoms with Crippen LogP contribution in [0, 0.1) is 0 Å². The summed E-state index contributed by atoms with van der Waals surface area (Å²) in [6, 6.07) is 12.3. The van der Waals surface area contributed by atoms with Crippen LogP contribution in [0.4, 0.5) is 5.69 Å². The molecule has 0 radical (unpaired) electrons. The summed E-state index contributed by atoms with van der Waals surface area (Å²) < 4.78 is 4.35. The number of hydrogen-bond donors (Lipinski definition) is 0. The van der Waals surface area contributed by atoms with E-state index in [0.717, 1.165) is 37.5 Å². The van der Waals surface area contributed by atoms with E-state index >= 15 is 0 Å². The van der Waals surface area contributed by atoms with E-state index in [2.05, 4.69) is 27.2 Å². The van der Waals surface area contributed by atoms with Gasteiger partial charge in [0.25, 0.3) is 5.56 Å². The fourth-order valence-corrected chi connectivity index (χ4v) is 5.26. The van der Waals surface area contributed by atoms with E-state index < -0.39 is 0 Å². The zero-order chi connectivity index (χ0) is 22.1. The van der Waals surface area contributed by atoms with Gasteiger partial charge in [0.15, 0.2) is 0 Å². The number of fused-ring (bicyclic) bond motifs is 3. The molecule has 1 aliphatic rings. The number of piperazine rings is 1. The minimum absolute atomic E-state index is 0.0197. The average molecular weight is 451 g/mol. The Morgan fingerprint density at radius 3 is 2.59 bits per heavy atom. The SMILES string of the molecule is CCn1c(=O)c2sccc2n2c(CCCC(=O)N3CCN(c4ccccc4)CC3)nnc12. The summed E-state index contributed by atoms with van der Waals surface area (Å²) in [5.41, 5.74) is 2.04. The van der Waals surface area contributed by atoms with Crippen LogP contribution in [-0.4, -0.2) is 56.2 Å². The molecule has 5 rings (SSSR count). The zero-order valence-electron chi connectivity index (χ0n) is 18.1. The van der Waals surface area contributed by atoms with Gasteiger partial charge in [-0.2, -0.15) is 0 Å². The number of aryl methyl sites for hydroxylation is 2. The predicted octanol–water partition coefficient (Wildman–Crippen LogP) is 2.80. The predicted molar refractivity (Wildman–Crippen MR) is 126 cm³/mol. The molecule has 0 saturated carbocycles. The molecule has 0 bridgehead atoms. The Morgan fingerprint density at radius 1 is 1.06 bits per heavy atom. The molecule has 1 saturated heterocycles. The summed E-state index contributed by atoms with van der Waals surface area (Å²) >= 11 is 1.44. The molecule has 0 unspecified atom stereocenters. The fourth-order valence-electron chi connectivity index (χ4n) is 4.44. The van der Waals surface area contributed by atoms with Crippen molar-refractivity contribution in [3.63, 3.8) is 0 Å². The summed E-state index contributed by atoms with van der Waals surface area (Å²) in [6.07, 6.45) is 1.83. The highest BCUT2D eigenvalue weighted by Gasteiger charge is 2.22. The standard InChI is InChI=1S/C23H26N6O2S/c1-2-28-22(31)21-18(11-16-32-21)29-19(24-25-23(28)29)9-6-10-20(30)27-14-12-26(13-15-27)17-7-4-3-5-8-17/h3-5,7-8,11,16H,2,6,9-10,12-15H2,1H3. The number of nitrogens with zero attached hydrogens (tertiary/aromatic N) is 6. The number of rotatable bonds is 6. The normalized spacial score (nSPS) is 14.5. The van der Waals surface area contributed by atoms with Gasteiger partial charge in [-0.1, -0.05) is 18.2 Å². The molecule has 4 heterocycles. The smallest absolute Gasteiger partial charge is 0.272 e. The van der Waals surface area contributed by atoms with Crippen molar-refractivity contribution in [2.75, 3.05) is 31.1 Å². The number of anilines is 1. The molecule has 0 atom stereocenters. The Balaban J connectivity index is 1.23. The van der Waals surface area contributed by atoms with E-state index in [0.29, 0.717) is 36.3 Å². The molecule has 1 aromatic carbocycles. The zero-order valence-corrected chi connectivity index (χ0v) is 18.9. The molecule has 3 aromatic heterocycles. The lowest BCUT2D eigenvalue weighted by atomic mass is 10.2. The van der Waals surface area contributed by atoms with E-state index in [1.807, 2.05) is 45.9 Å². The molecule has 1 aliphatic heterocycles. The first-order chi connectivity index (χ1) is 15.7. The number of para-hydroxylation sites is 1. The van der Waals surface area contributed by atoms with Gasteiger partial charge in [-0.25, -0.2) is 0 Å². The maximum atomic E-state index is 12.8. The van der Waals surface area contributed by atoms with Crippen molar-refractivity contribution < 1.29 is 4.79 Å². The van der Waals surface area contributed by atoms with Crippen LogP contribution in [-0.2, 0) is 17.8 Å². The second kappa shape index (κ2) is 8.74. The molecule has 1 amide bonds. The van der Waals surface area contributed by atoms with Crippen LogP contribution >= 0.6 is 11.3 Å². The number of carbonyl (C=O) groups excluding carboxylic acids is 1. The van der Waals surface area contributed by atoms with Crippen LogP contribution < -0.4 is 10.5 Å². The lowest BCUT2D eigenvalue weighted by Gasteiger charge is -2.36. The quantitative estimate of drug-likeness (QED) is 0.452. The molecule has 8 nitrogen and oxygen atoms in total. The lowest BCUT2D eigenvalue weighted by molar-refractivity contribution is -0.131. The van der Waals surface area contributed by atoms with Crippen molar-refractivity contribution in [3.05, 3.63) is 58.0 Å². The minimum atomic E-state index is -0.0197. The second-order valence-electron chi connectivity index (χ2n) is 7.99. The van der Waals surface area contributed by atoms with Crippen molar-refractivity contribution >= 4 is 38.9 Å². The first-order valence-electron chi connectivity index (χ1n) is 11.1. The van der Waals surface area contributed by atoms with E-state index in [4.69, 9.17) is 0 Å².